The zero-order valence-corrected chi connectivity index (χ0v) is 19.4. The van der Waals surface area contributed by atoms with Crippen LogP contribution < -0.4 is 5.32 Å². The van der Waals surface area contributed by atoms with Crippen molar-refractivity contribution in [3.63, 3.8) is 0 Å². The van der Waals surface area contributed by atoms with Crippen molar-refractivity contribution in [2.24, 2.45) is 4.99 Å². The zero-order valence-electron chi connectivity index (χ0n) is 18.6. The van der Waals surface area contributed by atoms with Gasteiger partial charge in [-0.2, -0.15) is 21.6 Å². The number of halogens is 3. The second-order valence-electron chi connectivity index (χ2n) is 8.02. The van der Waals surface area contributed by atoms with E-state index in [1.54, 1.807) is 12.1 Å². The first-order valence-corrected chi connectivity index (χ1v) is 12.5. The van der Waals surface area contributed by atoms with Crippen molar-refractivity contribution in [3.05, 3.63) is 83.4 Å². The van der Waals surface area contributed by atoms with Crippen LogP contribution >= 0.6 is 0 Å². The van der Waals surface area contributed by atoms with E-state index in [0.29, 0.717) is 29.7 Å². The minimum absolute atomic E-state index is 0.0206. The van der Waals surface area contributed by atoms with Crippen LogP contribution in [0.1, 0.15) is 23.1 Å². The normalized spacial score (nSPS) is 14.7. The molecule has 1 amide bonds. The van der Waals surface area contributed by atoms with Crippen LogP contribution in [0.5, 0.6) is 0 Å². The summed E-state index contributed by atoms with van der Waals surface area (Å²) in [5, 5.41) is 2.73. The van der Waals surface area contributed by atoms with Gasteiger partial charge >= 0.3 is 6.18 Å². The minimum Gasteiger partial charge on any atom is -0.320 e. The van der Waals surface area contributed by atoms with Gasteiger partial charge in [0.05, 0.1) is 29.8 Å². The third-order valence-corrected chi connectivity index (χ3v) is 5.92. The number of hydrogen-bond acceptors (Lipinski definition) is 5. The van der Waals surface area contributed by atoms with E-state index in [1.807, 2.05) is 30.3 Å². The summed E-state index contributed by atoms with van der Waals surface area (Å²) in [5.74, 6) is -0.501. The Kier molecular flexibility index (Phi) is 6.77. The van der Waals surface area contributed by atoms with Crippen LogP contribution in [0, 0.1) is 0 Å². The number of aryl methyl sites for hydroxylation is 1. The Bertz CT molecular complexity index is 1420. The number of fused-ring (bicyclic) bond motifs is 1. The Morgan fingerprint density at radius 2 is 1.74 bits per heavy atom. The summed E-state index contributed by atoms with van der Waals surface area (Å²) in [4.78, 5) is 17.0. The third kappa shape index (κ3) is 5.95. The third-order valence-electron chi connectivity index (χ3n) is 5.32. The highest BCUT2D eigenvalue weighted by Gasteiger charge is 2.32. The molecule has 3 aromatic carbocycles. The van der Waals surface area contributed by atoms with Crippen LogP contribution in [0.4, 0.5) is 24.5 Å². The van der Waals surface area contributed by atoms with Crippen molar-refractivity contribution in [1.29, 1.82) is 0 Å². The molecule has 3 aromatic rings. The maximum absolute atomic E-state index is 13.1. The summed E-state index contributed by atoms with van der Waals surface area (Å²) < 4.78 is 66.4. The molecule has 1 aliphatic rings. The molecule has 0 radical (unpaired) electrons. The average molecular weight is 503 g/mol. The van der Waals surface area contributed by atoms with Crippen LogP contribution in [-0.4, -0.2) is 32.9 Å². The fraction of sp³-hybridized carbons (Fsp3) is 0.200. The number of nitrogens with zero attached hydrogens (tertiary/aromatic N) is 1. The van der Waals surface area contributed by atoms with Gasteiger partial charge in [-0.05, 0) is 53.8 Å². The smallest absolute Gasteiger partial charge is 0.320 e. The molecule has 0 saturated carbocycles. The van der Waals surface area contributed by atoms with Gasteiger partial charge in [0, 0.05) is 5.56 Å². The number of nitrogens with one attached hydrogen (secondary N) is 1. The predicted molar refractivity (Wildman–Crippen MR) is 127 cm³/mol. The van der Waals surface area contributed by atoms with Gasteiger partial charge in [0.15, 0.2) is 0 Å². The molecular weight excluding hydrogens is 481 g/mol. The lowest BCUT2D eigenvalue weighted by molar-refractivity contribution is -0.137. The number of carbonyl (C=O) groups excluding carboxylic acids is 1. The molecule has 182 valence electrons. The summed E-state index contributed by atoms with van der Waals surface area (Å²) in [5.41, 5.74) is 2.65. The van der Waals surface area contributed by atoms with Crippen LogP contribution in [0.25, 0.3) is 11.1 Å². The highest BCUT2D eigenvalue weighted by atomic mass is 32.2. The summed E-state index contributed by atoms with van der Waals surface area (Å²) in [6.07, 6.45) is -2.46. The van der Waals surface area contributed by atoms with Crippen LogP contribution in [-0.2, 0) is 31.7 Å². The fourth-order valence-electron chi connectivity index (χ4n) is 3.82. The largest absolute Gasteiger partial charge is 0.416 e. The van der Waals surface area contributed by atoms with Gasteiger partial charge in [0.25, 0.3) is 16.0 Å². The Hall–Kier alpha value is -3.50. The molecule has 1 aliphatic heterocycles. The van der Waals surface area contributed by atoms with E-state index in [4.69, 9.17) is 4.18 Å². The molecule has 0 spiro atoms. The first-order valence-electron chi connectivity index (χ1n) is 10.7. The summed E-state index contributed by atoms with van der Waals surface area (Å²) in [6, 6.07) is 17.3. The van der Waals surface area contributed by atoms with Crippen molar-refractivity contribution in [3.8, 4) is 11.1 Å². The van der Waals surface area contributed by atoms with Crippen molar-refractivity contribution >= 4 is 33.1 Å². The van der Waals surface area contributed by atoms with Crippen LogP contribution in [0.3, 0.4) is 0 Å². The Morgan fingerprint density at radius 3 is 2.49 bits per heavy atom. The van der Waals surface area contributed by atoms with E-state index in [9.17, 15) is 26.4 Å². The minimum atomic E-state index is -4.52. The molecule has 0 fully saturated rings. The number of benzene rings is 3. The van der Waals surface area contributed by atoms with Crippen molar-refractivity contribution in [2.75, 3.05) is 18.2 Å². The molecule has 1 N–H and O–H groups in total. The maximum atomic E-state index is 13.1. The Labute approximate surface area is 200 Å². The molecule has 0 aliphatic carbocycles. The molecule has 0 atom stereocenters. The summed E-state index contributed by atoms with van der Waals surface area (Å²) >= 11 is 0. The van der Waals surface area contributed by atoms with E-state index in [2.05, 4.69) is 10.3 Å². The van der Waals surface area contributed by atoms with Gasteiger partial charge in [-0.3, -0.25) is 8.98 Å². The highest BCUT2D eigenvalue weighted by molar-refractivity contribution is 7.85. The Morgan fingerprint density at radius 1 is 1.00 bits per heavy atom. The quantitative estimate of drug-likeness (QED) is 0.349. The first kappa shape index (κ1) is 24.6. The maximum Gasteiger partial charge on any atom is 0.416 e. The Balaban J connectivity index is 1.67. The molecule has 1 heterocycles. The number of amides is 1. The van der Waals surface area contributed by atoms with Crippen molar-refractivity contribution in [1.82, 2.24) is 0 Å². The second-order valence-corrected chi connectivity index (χ2v) is 9.66. The lowest BCUT2D eigenvalue weighted by atomic mass is 9.94. The average Bonchev–Trinajstić information content (AvgIpc) is 3.11. The van der Waals surface area contributed by atoms with Gasteiger partial charge < -0.3 is 5.32 Å². The fourth-order valence-corrected chi connectivity index (χ4v) is 4.24. The molecule has 0 aromatic heterocycles. The van der Waals surface area contributed by atoms with Gasteiger partial charge in [-0.25, -0.2) is 4.99 Å². The van der Waals surface area contributed by atoms with Crippen molar-refractivity contribution < 1.29 is 30.6 Å². The molecule has 0 unspecified atom stereocenters. The monoisotopic (exact) mass is 502 g/mol. The lowest BCUT2D eigenvalue weighted by Gasteiger charge is -2.11. The molecule has 0 bridgehead atoms. The van der Waals surface area contributed by atoms with Gasteiger partial charge in [-0.15, -0.1) is 0 Å². The van der Waals surface area contributed by atoms with Gasteiger partial charge in [-0.1, -0.05) is 42.5 Å². The number of aliphatic imine (C=N–C) groups is 1. The standard InChI is InChI=1S/C25H21F3N2O4S/c1-35(32,33)34-13-5-7-16-6-2-8-17(14-16)20-11-4-12-21-22(20)23(24(31)30-21)29-19-10-3-9-18(15-19)25(26,27)28/h2-4,6,8-12,14-15H,5,7,13H2,1H3,(H,29,30,31). The highest BCUT2D eigenvalue weighted by Crippen LogP contribution is 2.36. The van der Waals surface area contributed by atoms with Crippen molar-refractivity contribution in [2.45, 2.75) is 19.0 Å². The molecule has 6 nitrogen and oxygen atoms in total. The molecular formula is C25H21F3N2O4S. The second kappa shape index (κ2) is 9.63. The SMILES string of the molecule is CS(=O)(=O)OCCCc1cccc(-c2cccc3c2C(=Nc2cccc(C(F)(F)F)c2)C(=O)N3)c1. The summed E-state index contributed by atoms with van der Waals surface area (Å²) in [7, 11) is -3.50. The zero-order chi connectivity index (χ0) is 25.2. The van der Waals surface area contributed by atoms with Gasteiger partial charge in [0.2, 0.25) is 0 Å². The number of anilines is 1. The number of rotatable bonds is 7. The van der Waals surface area contributed by atoms with E-state index in [1.165, 1.54) is 12.1 Å². The number of carbonyl (C=O) groups is 1. The van der Waals surface area contributed by atoms with E-state index >= 15 is 0 Å². The van der Waals surface area contributed by atoms with Crippen LogP contribution in [0.15, 0.2) is 71.7 Å². The predicted octanol–water partition coefficient (Wildman–Crippen LogP) is 5.35. The molecule has 35 heavy (non-hydrogen) atoms. The van der Waals surface area contributed by atoms with Crippen LogP contribution in [0.2, 0.25) is 0 Å². The number of hydrogen-bond donors (Lipinski definition) is 1. The summed E-state index contributed by atoms with van der Waals surface area (Å²) in [6.45, 7) is 0.0655. The lowest BCUT2D eigenvalue weighted by Crippen LogP contribution is -2.14. The van der Waals surface area contributed by atoms with Gasteiger partial charge in [0.1, 0.15) is 5.71 Å². The van der Waals surface area contributed by atoms with E-state index in [-0.39, 0.29) is 18.0 Å². The number of alkyl halides is 3. The van der Waals surface area contributed by atoms with E-state index in [0.717, 1.165) is 29.5 Å². The van der Waals surface area contributed by atoms with E-state index < -0.39 is 27.8 Å². The topological polar surface area (TPSA) is 84.8 Å². The first-order chi connectivity index (χ1) is 16.5. The molecule has 0 saturated heterocycles. The molecule has 4 rings (SSSR count). The molecule has 10 heteroatoms.